The lowest BCUT2D eigenvalue weighted by Crippen LogP contribution is -2.14. The Morgan fingerprint density at radius 3 is 2.35 bits per heavy atom. The molecule has 0 saturated carbocycles. The van der Waals surface area contributed by atoms with Gasteiger partial charge in [0, 0.05) is 18.2 Å². The molecule has 0 aliphatic heterocycles. The molecule has 2 atom stereocenters. The number of carbonyl (C=O) groups is 1. The van der Waals surface area contributed by atoms with Gasteiger partial charge in [-0.15, -0.1) is 0 Å². The zero-order chi connectivity index (χ0) is 12.8. The van der Waals surface area contributed by atoms with Crippen LogP contribution in [0.4, 0.5) is 5.69 Å². The van der Waals surface area contributed by atoms with Crippen LogP contribution in [0, 0.1) is 5.92 Å². The molecule has 1 amide bonds. The first-order valence-corrected chi connectivity index (χ1v) is 6.18. The molecule has 0 aliphatic carbocycles. The van der Waals surface area contributed by atoms with Gasteiger partial charge < -0.3 is 11.1 Å². The van der Waals surface area contributed by atoms with Crippen LogP contribution in [0.2, 0.25) is 0 Å². The topological polar surface area (TPSA) is 55.1 Å². The average Bonchev–Trinajstić information content (AvgIpc) is 2.29. The Labute approximate surface area is 103 Å². The molecule has 94 valence electrons. The lowest BCUT2D eigenvalue weighted by molar-refractivity contribution is -0.117. The third kappa shape index (κ3) is 4.57. The molecule has 0 fully saturated rings. The van der Waals surface area contributed by atoms with E-state index in [9.17, 15) is 4.79 Å². The van der Waals surface area contributed by atoms with Gasteiger partial charge >= 0.3 is 0 Å². The molecule has 0 heterocycles. The fourth-order valence-corrected chi connectivity index (χ4v) is 1.54. The minimum Gasteiger partial charge on any atom is -0.326 e. The molecule has 3 nitrogen and oxygen atoms in total. The standard InChI is InChI=1S/C14H22N2O/c1-4-10(2)9-14(17)16-13-7-5-12(6-8-13)11(3)15/h5-8,10-11H,4,9,15H2,1-3H3,(H,16,17). The second-order valence-corrected chi connectivity index (χ2v) is 4.68. The molecular weight excluding hydrogens is 212 g/mol. The van der Waals surface area contributed by atoms with Crippen LogP contribution in [-0.4, -0.2) is 5.91 Å². The molecule has 0 saturated heterocycles. The Bertz CT molecular complexity index is 357. The van der Waals surface area contributed by atoms with Crippen molar-refractivity contribution in [3.8, 4) is 0 Å². The van der Waals surface area contributed by atoms with E-state index in [1.165, 1.54) is 0 Å². The summed E-state index contributed by atoms with van der Waals surface area (Å²) in [6.45, 7) is 6.12. The Balaban J connectivity index is 2.54. The average molecular weight is 234 g/mol. The number of amides is 1. The van der Waals surface area contributed by atoms with Gasteiger partial charge in [0.05, 0.1) is 0 Å². The quantitative estimate of drug-likeness (QED) is 0.822. The zero-order valence-corrected chi connectivity index (χ0v) is 10.9. The zero-order valence-electron chi connectivity index (χ0n) is 10.9. The maximum atomic E-state index is 11.7. The van der Waals surface area contributed by atoms with Crippen molar-refractivity contribution >= 4 is 11.6 Å². The lowest BCUT2D eigenvalue weighted by Gasteiger charge is -2.10. The van der Waals surface area contributed by atoms with E-state index in [1.807, 2.05) is 31.2 Å². The summed E-state index contributed by atoms with van der Waals surface area (Å²) in [6.07, 6.45) is 1.60. The van der Waals surface area contributed by atoms with Gasteiger partial charge in [0.1, 0.15) is 0 Å². The van der Waals surface area contributed by atoms with Gasteiger partial charge in [-0.2, -0.15) is 0 Å². The summed E-state index contributed by atoms with van der Waals surface area (Å²) in [5.74, 6) is 0.506. The monoisotopic (exact) mass is 234 g/mol. The van der Waals surface area contributed by atoms with Crippen LogP contribution in [0.5, 0.6) is 0 Å². The van der Waals surface area contributed by atoms with Crippen LogP contribution in [-0.2, 0) is 4.79 Å². The molecular formula is C14H22N2O. The highest BCUT2D eigenvalue weighted by molar-refractivity contribution is 5.90. The number of hydrogen-bond donors (Lipinski definition) is 2. The Morgan fingerprint density at radius 1 is 1.29 bits per heavy atom. The van der Waals surface area contributed by atoms with Gasteiger partial charge in [-0.1, -0.05) is 32.4 Å². The Morgan fingerprint density at radius 2 is 1.88 bits per heavy atom. The fourth-order valence-electron chi connectivity index (χ4n) is 1.54. The van der Waals surface area contributed by atoms with E-state index in [0.717, 1.165) is 17.7 Å². The van der Waals surface area contributed by atoms with Crippen molar-refractivity contribution in [1.29, 1.82) is 0 Å². The number of nitrogens with two attached hydrogens (primary N) is 1. The molecule has 2 unspecified atom stereocenters. The lowest BCUT2D eigenvalue weighted by atomic mass is 10.0. The largest absolute Gasteiger partial charge is 0.326 e. The van der Waals surface area contributed by atoms with Crippen molar-refractivity contribution in [2.45, 2.75) is 39.7 Å². The summed E-state index contributed by atoms with van der Waals surface area (Å²) in [4.78, 5) is 11.7. The predicted octanol–water partition coefficient (Wildman–Crippen LogP) is 3.08. The van der Waals surface area contributed by atoms with E-state index in [1.54, 1.807) is 0 Å². The maximum Gasteiger partial charge on any atom is 0.224 e. The van der Waals surface area contributed by atoms with Crippen molar-refractivity contribution in [2.24, 2.45) is 11.7 Å². The molecule has 1 rings (SSSR count). The van der Waals surface area contributed by atoms with E-state index in [-0.39, 0.29) is 11.9 Å². The molecule has 0 aromatic heterocycles. The Kier molecular flexibility index (Phi) is 5.16. The highest BCUT2D eigenvalue weighted by Gasteiger charge is 2.07. The molecule has 3 N–H and O–H groups in total. The van der Waals surface area contributed by atoms with Gasteiger partial charge in [-0.3, -0.25) is 4.79 Å². The van der Waals surface area contributed by atoms with E-state index in [0.29, 0.717) is 12.3 Å². The van der Waals surface area contributed by atoms with Crippen molar-refractivity contribution < 1.29 is 4.79 Å². The molecule has 1 aromatic carbocycles. The van der Waals surface area contributed by atoms with Crippen molar-refractivity contribution in [3.05, 3.63) is 29.8 Å². The molecule has 0 radical (unpaired) electrons. The minimum absolute atomic E-state index is 0.0277. The van der Waals surface area contributed by atoms with E-state index in [2.05, 4.69) is 19.2 Å². The van der Waals surface area contributed by atoms with E-state index < -0.39 is 0 Å². The SMILES string of the molecule is CCC(C)CC(=O)Nc1ccc(C(C)N)cc1. The summed E-state index contributed by atoms with van der Waals surface area (Å²) in [6, 6.07) is 7.72. The number of carbonyl (C=O) groups excluding carboxylic acids is 1. The molecule has 0 spiro atoms. The second kappa shape index (κ2) is 6.40. The first-order valence-electron chi connectivity index (χ1n) is 6.18. The highest BCUT2D eigenvalue weighted by Crippen LogP contribution is 2.15. The van der Waals surface area contributed by atoms with Crippen molar-refractivity contribution in [2.75, 3.05) is 5.32 Å². The number of benzene rings is 1. The van der Waals surface area contributed by atoms with Crippen molar-refractivity contribution in [1.82, 2.24) is 0 Å². The van der Waals surface area contributed by atoms with Crippen LogP contribution < -0.4 is 11.1 Å². The predicted molar refractivity (Wildman–Crippen MR) is 71.7 cm³/mol. The number of rotatable bonds is 5. The summed E-state index contributed by atoms with van der Waals surface area (Å²) in [5.41, 5.74) is 7.67. The number of anilines is 1. The number of nitrogens with one attached hydrogen (secondary N) is 1. The molecule has 0 aliphatic rings. The van der Waals surface area contributed by atoms with Gasteiger partial charge in [0.15, 0.2) is 0 Å². The van der Waals surface area contributed by atoms with Gasteiger partial charge in [0.25, 0.3) is 0 Å². The Hall–Kier alpha value is -1.35. The smallest absolute Gasteiger partial charge is 0.224 e. The second-order valence-electron chi connectivity index (χ2n) is 4.68. The first-order chi connectivity index (χ1) is 8.02. The third-order valence-corrected chi connectivity index (χ3v) is 2.95. The van der Waals surface area contributed by atoms with Gasteiger partial charge in [-0.25, -0.2) is 0 Å². The summed E-state index contributed by atoms with van der Waals surface area (Å²) < 4.78 is 0. The fraction of sp³-hybridized carbons (Fsp3) is 0.500. The van der Waals surface area contributed by atoms with E-state index in [4.69, 9.17) is 5.73 Å². The molecule has 1 aromatic rings. The first kappa shape index (κ1) is 13.7. The maximum absolute atomic E-state index is 11.7. The minimum atomic E-state index is 0.0277. The van der Waals surface area contributed by atoms with Crippen LogP contribution in [0.15, 0.2) is 24.3 Å². The summed E-state index contributed by atoms with van der Waals surface area (Å²) in [7, 11) is 0. The van der Waals surface area contributed by atoms with Crippen LogP contribution in [0.3, 0.4) is 0 Å². The normalized spacial score (nSPS) is 14.1. The molecule has 3 heteroatoms. The van der Waals surface area contributed by atoms with Crippen LogP contribution >= 0.6 is 0 Å². The number of hydrogen-bond acceptors (Lipinski definition) is 2. The molecule has 17 heavy (non-hydrogen) atoms. The van der Waals surface area contributed by atoms with Crippen LogP contribution in [0.1, 0.15) is 45.2 Å². The highest BCUT2D eigenvalue weighted by atomic mass is 16.1. The third-order valence-electron chi connectivity index (χ3n) is 2.95. The summed E-state index contributed by atoms with van der Waals surface area (Å²) >= 11 is 0. The summed E-state index contributed by atoms with van der Waals surface area (Å²) in [5, 5.41) is 2.89. The van der Waals surface area contributed by atoms with Crippen molar-refractivity contribution in [3.63, 3.8) is 0 Å². The van der Waals surface area contributed by atoms with Crippen LogP contribution in [0.25, 0.3) is 0 Å². The van der Waals surface area contributed by atoms with Gasteiger partial charge in [0.2, 0.25) is 5.91 Å². The van der Waals surface area contributed by atoms with Gasteiger partial charge in [-0.05, 0) is 30.5 Å². The molecule has 0 bridgehead atoms. The van der Waals surface area contributed by atoms with E-state index >= 15 is 0 Å².